The molecule has 2 N–H and O–H groups in total. The van der Waals surface area contributed by atoms with Gasteiger partial charge in [0, 0.05) is 0 Å². The minimum atomic E-state index is -1.17. The van der Waals surface area contributed by atoms with Crippen LogP contribution < -0.4 is 0 Å². The van der Waals surface area contributed by atoms with Crippen LogP contribution in [-0.4, -0.2) is 22.2 Å². The fourth-order valence-electron chi connectivity index (χ4n) is 3.95. The molecule has 4 heteroatoms. The third-order valence-electron chi connectivity index (χ3n) is 5.44. The summed E-state index contributed by atoms with van der Waals surface area (Å²) in [6.45, 7) is 8.73. The second-order valence-electron chi connectivity index (χ2n) is 9.10. The summed E-state index contributed by atoms with van der Waals surface area (Å²) in [6, 6.07) is 3.26. The number of unbranched alkanes of at least 4 members (excludes halogenated alkanes) is 7. The monoisotopic (exact) mass is 404 g/mol. The summed E-state index contributed by atoms with van der Waals surface area (Å²) in [6.07, 6.45) is 12.3. The zero-order chi connectivity index (χ0) is 21.8. The van der Waals surface area contributed by atoms with Gasteiger partial charge in [0.15, 0.2) is 0 Å². The molecule has 0 saturated heterocycles. The first-order valence-electron chi connectivity index (χ1n) is 11.3. The molecule has 1 aromatic carbocycles. The molecule has 0 bridgehead atoms. The molecule has 0 spiro atoms. The zero-order valence-corrected chi connectivity index (χ0v) is 18.8. The van der Waals surface area contributed by atoms with Gasteiger partial charge in [-0.1, -0.05) is 85.1 Å². The molecule has 0 aliphatic rings. The standard InChI is InChI=1S/C25H40O4/c1-18(2)13-11-9-7-5-6-8-10-12-14-21-20(17-19(3)4)15-16-22(24(26)27)23(21)25(28)29/h15-16,18-19H,5-14,17H2,1-4H3,(H,26,27)(H,28,29). The maximum absolute atomic E-state index is 11.8. The van der Waals surface area contributed by atoms with Gasteiger partial charge in [-0.2, -0.15) is 0 Å². The van der Waals surface area contributed by atoms with Gasteiger partial charge in [-0.3, -0.25) is 0 Å². The molecule has 0 amide bonds. The van der Waals surface area contributed by atoms with Crippen LogP contribution in [-0.2, 0) is 12.8 Å². The Labute approximate surface area is 176 Å². The van der Waals surface area contributed by atoms with E-state index < -0.39 is 11.9 Å². The average Bonchev–Trinajstić information content (AvgIpc) is 2.62. The Kier molecular flexibility index (Phi) is 11.6. The van der Waals surface area contributed by atoms with Crippen LogP contribution in [0.2, 0.25) is 0 Å². The van der Waals surface area contributed by atoms with E-state index in [0.29, 0.717) is 12.3 Å². The van der Waals surface area contributed by atoms with E-state index in [9.17, 15) is 19.8 Å². The van der Waals surface area contributed by atoms with E-state index in [1.807, 2.05) is 6.07 Å². The molecule has 0 aromatic heterocycles. The number of carbonyl (C=O) groups is 2. The van der Waals surface area contributed by atoms with Gasteiger partial charge in [0.1, 0.15) is 0 Å². The molecule has 164 valence electrons. The lowest BCUT2D eigenvalue weighted by atomic mass is 9.88. The van der Waals surface area contributed by atoms with E-state index in [0.717, 1.165) is 42.7 Å². The molecule has 1 aromatic rings. The van der Waals surface area contributed by atoms with Gasteiger partial charge in [-0.05, 0) is 48.3 Å². The molecule has 0 heterocycles. The number of aromatic carboxylic acids is 2. The number of benzene rings is 1. The summed E-state index contributed by atoms with van der Waals surface area (Å²) in [4.78, 5) is 23.3. The van der Waals surface area contributed by atoms with Crippen LogP contribution in [0.1, 0.15) is 117 Å². The number of carboxylic acid groups (broad SMARTS) is 2. The molecule has 29 heavy (non-hydrogen) atoms. The van der Waals surface area contributed by atoms with Crippen molar-refractivity contribution in [2.24, 2.45) is 11.8 Å². The SMILES string of the molecule is CC(C)CCCCCCCCCCc1c(CC(C)C)ccc(C(=O)O)c1C(=O)O. The van der Waals surface area contributed by atoms with Crippen LogP contribution in [0.25, 0.3) is 0 Å². The average molecular weight is 405 g/mol. The van der Waals surface area contributed by atoms with Crippen molar-refractivity contribution in [1.82, 2.24) is 0 Å². The van der Waals surface area contributed by atoms with E-state index >= 15 is 0 Å². The topological polar surface area (TPSA) is 74.6 Å². The van der Waals surface area contributed by atoms with Crippen LogP contribution >= 0.6 is 0 Å². The number of hydrogen-bond donors (Lipinski definition) is 2. The second-order valence-corrected chi connectivity index (χ2v) is 9.10. The van der Waals surface area contributed by atoms with Crippen molar-refractivity contribution in [3.8, 4) is 0 Å². The predicted octanol–water partition coefficient (Wildman–Crippen LogP) is 6.99. The lowest BCUT2D eigenvalue weighted by Gasteiger charge is -2.16. The smallest absolute Gasteiger partial charge is 0.336 e. The van der Waals surface area contributed by atoms with Crippen LogP contribution in [0.15, 0.2) is 12.1 Å². The van der Waals surface area contributed by atoms with Gasteiger partial charge in [0.25, 0.3) is 0 Å². The summed E-state index contributed by atoms with van der Waals surface area (Å²) < 4.78 is 0. The van der Waals surface area contributed by atoms with Crippen molar-refractivity contribution >= 4 is 11.9 Å². The van der Waals surface area contributed by atoms with Crippen molar-refractivity contribution in [2.45, 2.75) is 98.3 Å². The molecule has 0 unspecified atom stereocenters. The quantitative estimate of drug-likeness (QED) is 0.309. The Morgan fingerprint density at radius 2 is 1.31 bits per heavy atom. The first-order chi connectivity index (χ1) is 13.7. The van der Waals surface area contributed by atoms with E-state index in [1.165, 1.54) is 44.6 Å². The van der Waals surface area contributed by atoms with Gasteiger partial charge < -0.3 is 10.2 Å². The third-order valence-corrected chi connectivity index (χ3v) is 5.44. The maximum Gasteiger partial charge on any atom is 0.336 e. The van der Waals surface area contributed by atoms with Gasteiger partial charge in [0.05, 0.1) is 11.1 Å². The summed E-state index contributed by atoms with van der Waals surface area (Å²) in [5.41, 5.74) is 1.59. The molecule has 0 fully saturated rings. The van der Waals surface area contributed by atoms with E-state index in [-0.39, 0.29) is 11.1 Å². The molecule has 0 saturated carbocycles. The Morgan fingerprint density at radius 3 is 1.79 bits per heavy atom. The number of carboxylic acids is 2. The molecular weight excluding hydrogens is 364 g/mol. The van der Waals surface area contributed by atoms with Crippen molar-refractivity contribution in [3.05, 3.63) is 34.4 Å². The normalized spacial score (nSPS) is 11.4. The molecule has 0 aliphatic carbocycles. The second kappa shape index (κ2) is 13.4. The zero-order valence-electron chi connectivity index (χ0n) is 18.8. The van der Waals surface area contributed by atoms with Crippen LogP contribution in [0.4, 0.5) is 0 Å². The fraction of sp³-hybridized carbons (Fsp3) is 0.680. The lowest BCUT2D eigenvalue weighted by molar-refractivity contribution is 0.0650. The highest BCUT2D eigenvalue weighted by Crippen LogP contribution is 2.25. The predicted molar refractivity (Wildman–Crippen MR) is 119 cm³/mol. The molecule has 1 rings (SSSR count). The van der Waals surface area contributed by atoms with Crippen molar-refractivity contribution in [1.29, 1.82) is 0 Å². The van der Waals surface area contributed by atoms with Crippen LogP contribution in [0.3, 0.4) is 0 Å². The molecule has 4 nitrogen and oxygen atoms in total. The van der Waals surface area contributed by atoms with Crippen molar-refractivity contribution in [3.63, 3.8) is 0 Å². The molecule has 0 radical (unpaired) electrons. The highest BCUT2D eigenvalue weighted by atomic mass is 16.4. The first-order valence-corrected chi connectivity index (χ1v) is 11.3. The van der Waals surface area contributed by atoms with E-state index in [1.54, 1.807) is 0 Å². The van der Waals surface area contributed by atoms with Gasteiger partial charge in [0.2, 0.25) is 0 Å². The number of hydrogen-bond acceptors (Lipinski definition) is 2. The lowest BCUT2D eigenvalue weighted by Crippen LogP contribution is -2.14. The van der Waals surface area contributed by atoms with Gasteiger partial charge in [-0.25, -0.2) is 9.59 Å². The Bertz CT molecular complexity index is 646. The fourth-order valence-corrected chi connectivity index (χ4v) is 3.95. The largest absolute Gasteiger partial charge is 0.478 e. The number of rotatable bonds is 15. The molecule has 0 aliphatic heterocycles. The molecule has 0 atom stereocenters. The summed E-state index contributed by atoms with van der Waals surface area (Å²) >= 11 is 0. The Balaban J connectivity index is 2.60. The van der Waals surface area contributed by atoms with Crippen LogP contribution in [0.5, 0.6) is 0 Å². The Hall–Kier alpha value is -1.84. The van der Waals surface area contributed by atoms with Gasteiger partial charge >= 0.3 is 11.9 Å². The highest BCUT2D eigenvalue weighted by molar-refractivity contribution is 6.03. The van der Waals surface area contributed by atoms with Crippen molar-refractivity contribution < 1.29 is 19.8 Å². The van der Waals surface area contributed by atoms with E-state index in [2.05, 4.69) is 27.7 Å². The van der Waals surface area contributed by atoms with Crippen LogP contribution in [0, 0.1) is 11.8 Å². The summed E-state index contributed by atoms with van der Waals surface area (Å²) in [5, 5.41) is 19.1. The Morgan fingerprint density at radius 1 is 0.759 bits per heavy atom. The molecular formula is C25H40O4. The van der Waals surface area contributed by atoms with Gasteiger partial charge in [-0.15, -0.1) is 0 Å². The highest BCUT2D eigenvalue weighted by Gasteiger charge is 2.22. The van der Waals surface area contributed by atoms with Crippen molar-refractivity contribution in [2.75, 3.05) is 0 Å². The minimum absolute atomic E-state index is 0.0131. The summed E-state index contributed by atoms with van der Waals surface area (Å²) in [5.74, 6) is -1.12. The minimum Gasteiger partial charge on any atom is -0.478 e. The third kappa shape index (κ3) is 9.47. The first kappa shape index (κ1) is 25.2. The van der Waals surface area contributed by atoms with E-state index in [4.69, 9.17) is 0 Å². The summed E-state index contributed by atoms with van der Waals surface area (Å²) in [7, 11) is 0. The maximum atomic E-state index is 11.8.